The van der Waals surface area contributed by atoms with Crippen LogP contribution in [-0.4, -0.2) is 37.1 Å². The standard InChI is InChI=1S/C23H35N3O/c1-17(2)16-25-12-10-20(11-13-25)7-8-21-6-5-18(3)22(15-21)26-14-9-19(4)24-23(26)27/h5-6,15,17,20H,4,7-14,16H2,1-3H3,(H,24,27). The molecule has 4 nitrogen and oxygen atoms in total. The predicted octanol–water partition coefficient (Wildman–Crippen LogP) is 4.73. The first-order valence-corrected chi connectivity index (χ1v) is 10.5. The van der Waals surface area contributed by atoms with E-state index in [0.29, 0.717) is 6.54 Å². The van der Waals surface area contributed by atoms with Crippen LogP contribution >= 0.6 is 0 Å². The van der Waals surface area contributed by atoms with Crippen LogP contribution in [0.3, 0.4) is 0 Å². The van der Waals surface area contributed by atoms with E-state index in [9.17, 15) is 4.79 Å². The molecule has 2 fully saturated rings. The fourth-order valence-electron chi connectivity index (χ4n) is 4.31. The molecule has 2 saturated heterocycles. The van der Waals surface area contributed by atoms with Gasteiger partial charge in [0.2, 0.25) is 0 Å². The quantitative estimate of drug-likeness (QED) is 0.787. The number of piperidine rings is 1. The number of hydrogen-bond donors (Lipinski definition) is 1. The molecule has 4 heteroatoms. The van der Waals surface area contributed by atoms with Gasteiger partial charge in [-0.25, -0.2) is 4.79 Å². The van der Waals surface area contributed by atoms with Gasteiger partial charge < -0.3 is 10.2 Å². The second kappa shape index (κ2) is 8.92. The van der Waals surface area contributed by atoms with E-state index in [4.69, 9.17) is 0 Å². The summed E-state index contributed by atoms with van der Waals surface area (Å²) < 4.78 is 0. The van der Waals surface area contributed by atoms with Gasteiger partial charge in [0.25, 0.3) is 0 Å². The lowest BCUT2D eigenvalue weighted by Gasteiger charge is -2.33. The molecule has 148 valence electrons. The smallest absolute Gasteiger partial charge is 0.312 e. The maximum atomic E-state index is 12.3. The number of nitrogens with one attached hydrogen (secondary N) is 1. The minimum absolute atomic E-state index is 0.0518. The Kier molecular flexibility index (Phi) is 6.59. The highest BCUT2D eigenvalue weighted by atomic mass is 16.2. The number of likely N-dealkylation sites (tertiary alicyclic amines) is 1. The van der Waals surface area contributed by atoms with Crippen molar-refractivity contribution in [2.45, 2.75) is 52.9 Å². The average Bonchev–Trinajstić information content (AvgIpc) is 2.62. The fourth-order valence-corrected chi connectivity index (χ4v) is 4.31. The second-order valence-corrected chi connectivity index (χ2v) is 8.73. The molecule has 27 heavy (non-hydrogen) atoms. The largest absolute Gasteiger partial charge is 0.326 e. The fraction of sp³-hybridized carbons (Fsp3) is 0.609. The molecule has 3 rings (SSSR count). The van der Waals surface area contributed by atoms with E-state index in [0.717, 1.165) is 41.6 Å². The number of rotatable bonds is 6. The first-order chi connectivity index (χ1) is 12.9. The normalized spacial score (nSPS) is 19.6. The van der Waals surface area contributed by atoms with Gasteiger partial charge in [-0.2, -0.15) is 0 Å². The summed E-state index contributed by atoms with van der Waals surface area (Å²) in [4.78, 5) is 16.8. The number of amides is 2. The van der Waals surface area contributed by atoms with Crippen molar-refractivity contribution in [3.63, 3.8) is 0 Å². The molecule has 0 unspecified atom stereocenters. The van der Waals surface area contributed by atoms with E-state index in [2.05, 4.69) is 55.8 Å². The molecule has 0 spiro atoms. The van der Waals surface area contributed by atoms with Crippen molar-refractivity contribution in [2.24, 2.45) is 11.8 Å². The van der Waals surface area contributed by atoms with Crippen LogP contribution in [-0.2, 0) is 6.42 Å². The SMILES string of the molecule is C=C1CCN(c2cc(CCC3CCN(CC(C)C)CC3)ccc2C)C(=O)N1. The summed E-state index contributed by atoms with van der Waals surface area (Å²) in [5.41, 5.74) is 4.36. The highest BCUT2D eigenvalue weighted by molar-refractivity contribution is 5.94. The lowest BCUT2D eigenvalue weighted by atomic mass is 9.90. The zero-order valence-electron chi connectivity index (χ0n) is 17.3. The molecule has 1 N–H and O–H groups in total. The summed E-state index contributed by atoms with van der Waals surface area (Å²) in [7, 11) is 0. The third kappa shape index (κ3) is 5.35. The van der Waals surface area contributed by atoms with Crippen molar-refractivity contribution in [3.05, 3.63) is 41.6 Å². The van der Waals surface area contributed by atoms with Gasteiger partial charge in [0, 0.05) is 30.9 Å². The van der Waals surface area contributed by atoms with Crippen LogP contribution < -0.4 is 10.2 Å². The third-order valence-electron chi connectivity index (χ3n) is 5.90. The molecule has 2 amide bonds. The second-order valence-electron chi connectivity index (χ2n) is 8.73. The van der Waals surface area contributed by atoms with Crippen molar-refractivity contribution in [1.29, 1.82) is 0 Å². The molecular formula is C23H35N3O. The van der Waals surface area contributed by atoms with Crippen molar-refractivity contribution < 1.29 is 4.79 Å². The van der Waals surface area contributed by atoms with E-state index in [1.807, 2.05) is 4.90 Å². The maximum absolute atomic E-state index is 12.3. The number of nitrogens with zero attached hydrogens (tertiary/aromatic N) is 2. The van der Waals surface area contributed by atoms with Gasteiger partial charge in [-0.15, -0.1) is 0 Å². The third-order valence-corrected chi connectivity index (χ3v) is 5.90. The summed E-state index contributed by atoms with van der Waals surface area (Å²) in [5.74, 6) is 1.59. The number of carbonyl (C=O) groups is 1. The van der Waals surface area contributed by atoms with Gasteiger partial charge in [0.1, 0.15) is 0 Å². The van der Waals surface area contributed by atoms with Gasteiger partial charge in [-0.05, 0) is 74.7 Å². The number of hydrogen-bond acceptors (Lipinski definition) is 2. The molecule has 0 atom stereocenters. The van der Waals surface area contributed by atoms with Crippen LogP contribution in [0.2, 0.25) is 0 Å². The van der Waals surface area contributed by atoms with E-state index < -0.39 is 0 Å². The maximum Gasteiger partial charge on any atom is 0.326 e. The van der Waals surface area contributed by atoms with Crippen molar-refractivity contribution in [3.8, 4) is 0 Å². The highest BCUT2D eigenvalue weighted by Gasteiger charge is 2.23. The Morgan fingerprint density at radius 1 is 1.22 bits per heavy atom. The number of carbonyl (C=O) groups excluding carboxylic acids is 1. The van der Waals surface area contributed by atoms with E-state index in [-0.39, 0.29) is 6.03 Å². The van der Waals surface area contributed by atoms with Crippen molar-refractivity contribution in [1.82, 2.24) is 10.2 Å². The summed E-state index contributed by atoms with van der Waals surface area (Å²) in [6.45, 7) is 15.0. The number of anilines is 1. The monoisotopic (exact) mass is 369 g/mol. The zero-order chi connectivity index (χ0) is 19.4. The summed E-state index contributed by atoms with van der Waals surface area (Å²) in [6, 6.07) is 6.56. The molecule has 0 radical (unpaired) electrons. The van der Waals surface area contributed by atoms with Gasteiger partial charge in [-0.3, -0.25) is 4.90 Å². The Morgan fingerprint density at radius 3 is 2.63 bits per heavy atom. The van der Waals surface area contributed by atoms with Gasteiger partial charge in [0.05, 0.1) is 0 Å². The molecule has 2 aliphatic rings. The van der Waals surface area contributed by atoms with Crippen LogP contribution in [0.25, 0.3) is 0 Å². The Hall–Kier alpha value is -1.81. The van der Waals surface area contributed by atoms with Crippen LogP contribution in [0.4, 0.5) is 10.5 Å². The topological polar surface area (TPSA) is 35.6 Å². The highest BCUT2D eigenvalue weighted by Crippen LogP contribution is 2.27. The Balaban J connectivity index is 1.56. The van der Waals surface area contributed by atoms with Gasteiger partial charge >= 0.3 is 6.03 Å². The molecule has 1 aromatic carbocycles. The Bertz CT molecular complexity index is 674. The lowest BCUT2D eigenvalue weighted by molar-refractivity contribution is 0.163. The van der Waals surface area contributed by atoms with Crippen LogP contribution in [0, 0.1) is 18.8 Å². The first kappa shape index (κ1) is 19.9. The summed E-state index contributed by atoms with van der Waals surface area (Å²) in [6.07, 6.45) is 5.81. The Labute approximate surface area is 164 Å². The van der Waals surface area contributed by atoms with Gasteiger partial charge in [-0.1, -0.05) is 32.6 Å². The lowest BCUT2D eigenvalue weighted by Crippen LogP contribution is -2.45. The molecule has 2 aliphatic heterocycles. The summed E-state index contributed by atoms with van der Waals surface area (Å²) in [5, 5.41) is 2.86. The minimum Gasteiger partial charge on any atom is -0.312 e. The molecule has 0 aliphatic carbocycles. The number of urea groups is 1. The van der Waals surface area contributed by atoms with Crippen LogP contribution in [0.15, 0.2) is 30.5 Å². The van der Waals surface area contributed by atoms with Gasteiger partial charge in [0.15, 0.2) is 0 Å². The predicted molar refractivity (Wildman–Crippen MR) is 113 cm³/mol. The van der Waals surface area contributed by atoms with E-state index >= 15 is 0 Å². The van der Waals surface area contributed by atoms with Crippen LogP contribution in [0.5, 0.6) is 0 Å². The van der Waals surface area contributed by atoms with Crippen molar-refractivity contribution in [2.75, 3.05) is 31.1 Å². The Morgan fingerprint density at radius 2 is 1.96 bits per heavy atom. The molecular weight excluding hydrogens is 334 g/mol. The average molecular weight is 370 g/mol. The van der Waals surface area contributed by atoms with Crippen molar-refractivity contribution >= 4 is 11.7 Å². The summed E-state index contributed by atoms with van der Waals surface area (Å²) >= 11 is 0. The van der Waals surface area contributed by atoms with E-state index in [1.54, 1.807) is 0 Å². The molecule has 0 bridgehead atoms. The first-order valence-electron chi connectivity index (χ1n) is 10.5. The molecule has 0 aromatic heterocycles. The van der Waals surface area contributed by atoms with Crippen LogP contribution in [0.1, 0.15) is 50.7 Å². The number of aryl methyl sites for hydroxylation is 2. The zero-order valence-corrected chi connectivity index (χ0v) is 17.3. The minimum atomic E-state index is -0.0518. The number of benzene rings is 1. The van der Waals surface area contributed by atoms with E-state index in [1.165, 1.54) is 44.5 Å². The molecule has 0 saturated carbocycles. The molecule has 1 aromatic rings. The molecule has 2 heterocycles.